The molecule has 0 atom stereocenters. The third kappa shape index (κ3) is 4.20. The van der Waals surface area contributed by atoms with Crippen LogP contribution in [0.2, 0.25) is 0 Å². The van der Waals surface area contributed by atoms with E-state index in [0.29, 0.717) is 5.75 Å². The summed E-state index contributed by atoms with van der Waals surface area (Å²) in [5, 5.41) is 12.8. The standard InChI is InChI=1S/C16H27N3O/c1-16(2,19-10-8-18(3)9-11-19)13-17-12-14-4-6-15(20)7-5-14/h4-7,17,20H,8-13H2,1-3H3. The molecular formula is C16H27N3O. The van der Waals surface area contributed by atoms with Gasteiger partial charge in [0.15, 0.2) is 0 Å². The van der Waals surface area contributed by atoms with Crippen molar-refractivity contribution in [1.82, 2.24) is 15.1 Å². The average molecular weight is 277 g/mol. The van der Waals surface area contributed by atoms with Crippen molar-refractivity contribution in [2.75, 3.05) is 39.8 Å². The van der Waals surface area contributed by atoms with Crippen molar-refractivity contribution in [3.05, 3.63) is 29.8 Å². The van der Waals surface area contributed by atoms with E-state index in [1.54, 1.807) is 12.1 Å². The Balaban J connectivity index is 1.78. The lowest BCUT2D eigenvalue weighted by Gasteiger charge is -2.43. The zero-order chi connectivity index (χ0) is 14.6. The average Bonchev–Trinajstić information content (AvgIpc) is 2.41. The van der Waals surface area contributed by atoms with Crippen LogP contribution in [-0.4, -0.2) is 60.2 Å². The van der Waals surface area contributed by atoms with Gasteiger partial charge in [-0.3, -0.25) is 4.90 Å². The van der Waals surface area contributed by atoms with Gasteiger partial charge >= 0.3 is 0 Å². The number of hydrogen-bond acceptors (Lipinski definition) is 4. The van der Waals surface area contributed by atoms with Crippen molar-refractivity contribution in [1.29, 1.82) is 0 Å². The molecular weight excluding hydrogens is 250 g/mol. The van der Waals surface area contributed by atoms with Gasteiger partial charge < -0.3 is 15.3 Å². The predicted octanol–water partition coefficient (Wildman–Crippen LogP) is 1.51. The predicted molar refractivity (Wildman–Crippen MR) is 83.0 cm³/mol. The molecule has 20 heavy (non-hydrogen) atoms. The second-order valence-corrected chi connectivity index (χ2v) is 6.37. The smallest absolute Gasteiger partial charge is 0.115 e. The van der Waals surface area contributed by atoms with Crippen LogP contribution in [-0.2, 0) is 6.54 Å². The van der Waals surface area contributed by atoms with Crippen molar-refractivity contribution in [2.45, 2.75) is 25.9 Å². The van der Waals surface area contributed by atoms with Gasteiger partial charge in [0.05, 0.1) is 0 Å². The van der Waals surface area contributed by atoms with E-state index in [9.17, 15) is 5.11 Å². The number of benzene rings is 1. The third-order valence-corrected chi connectivity index (χ3v) is 4.18. The minimum absolute atomic E-state index is 0.179. The summed E-state index contributed by atoms with van der Waals surface area (Å²) in [6, 6.07) is 7.40. The Labute approximate surface area is 122 Å². The van der Waals surface area contributed by atoms with Gasteiger partial charge in [-0.15, -0.1) is 0 Å². The Kier molecular flexibility index (Phi) is 5.02. The summed E-state index contributed by atoms with van der Waals surface area (Å²) in [6.45, 7) is 11.0. The highest BCUT2D eigenvalue weighted by molar-refractivity contribution is 5.25. The van der Waals surface area contributed by atoms with Crippen LogP contribution in [0.3, 0.4) is 0 Å². The molecule has 1 aliphatic rings. The number of phenols is 1. The summed E-state index contributed by atoms with van der Waals surface area (Å²) < 4.78 is 0. The zero-order valence-corrected chi connectivity index (χ0v) is 12.9. The van der Waals surface area contributed by atoms with Crippen LogP contribution in [0.4, 0.5) is 0 Å². The lowest BCUT2D eigenvalue weighted by atomic mass is 10.0. The normalized spacial score (nSPS) is 18.4. The van der Waals surface area contributed by atoms with E-state index in [0.717, 1.165) is 39.3 Å². The number of nitrogens with one attached hydrogen (secondary N) is 1. The molecule has 1 aromatic carbocycles. The number of rotatable bonds is 5. The molecule has 4 nitrogen and oxygen atoms in total. The first-order chi connectivity index (χ1) is 9.47. The molecule has 2 rings (SSSR count). The molecule has 0 aliphatic carbocycles. The van der Waals surface area contributed by atoms with Crippen molar-refractivity contribution in [3.63, 3.8) is 0 Å². The summed E-state index contributed by atoms with van der Waals surface area (Å²) in [4.78, 5) is 4.95. The fraction of sp³-hybridized carbons (Fsp3) is 0.625. The van der Waals surface area contributed by atoms with Crippen molar-refractivity contribution >= 4 is 0 Å². The molecule has 0 aromatic heterocycles. The maximum atomic E-state index is 9.27. The van der Waals surface area contributed by atoms with E-state index < -0.39 is 0 Å². The molecule has 1 aromatic rings. The van der Waals surface area contributed by atoms with Gasteiger partial charge in [0, 0.05) is 44.8 Å². The minimum Gasteiger partial charge on any atom is -0.508 e. The van der Waals surface area contributed by atoms with Crippen LogP contribution in [0, 0.1) is 0 Å². The first kappa shape index (κ1) is 15.3. The zero-order valence-electron chi connectivity index (χ0n) is 12.9. The number of hydrogen-bond donors (Lipinski definition) is 2. The van der Waals surface area contributed by atoms with Gasteiger partial charge in [0.2, 0.25) is 0 Å². The molecule has 0 spiro atoms. The summed E-state index contributed by atoms with van der Waals surface area (Å²) in [5.74, 6) is 0.325. The lowest BCUT2D eigenvalue weighted by molar-refractivity contribution is 0.0618. The first-order valence-electron chi connectivity index (χ1n) is 7.39. The largest absolute Gasteiger partial charge is 0.508 e. The van der Waals surface area contributed by atoms with Crippen LogP contribution in [0.15, 0.2) is 24.3 Å². The molecule has 0 amide bonds. The van der Waals surface area contributed by atoms with Crippen molar-refractivity contribution < 1.29 is 5.11 Å². The van der Waals surface area contributed by atoms with Gasteiger partial charge in [0.25, 0.3) is 0 Å². The van der Waals surface area contributed by atoms with E-state index in [-0.39, 0.29) is 5.54 Å². The van der Waals surface area contributed by atoms with Crippen LogP contribution < -0.4 is 5.32 Å². The second kappa shape index (κ2) is 6.57. The fourth-order valence-electron chi connectivity index (χ4n) is 2.65. The summed E-state index contributed by atoms with van der Waals surface area (Å²) >= 11 is 0. The van der Waals surface area contributed by atoms with Gasteiger partial charge in [-0.05, 0) is 38.6 Å². The maximum absolute atomic E-state index is 9.27. The topological polar surface area (TPSA) is 38.7 Å². The van der Waals surface area contributed by atoms with Crippen LogP contribution in [0.5, 0.6) is 5.75 Å². The van der Waals surface area contributed by atoms with Crippen LogP contribution in [0.1, 0.15) is 19.4 Å². The molecule has 1 aliphatic heterocycles. The Hall–Kier alpha value is -1.10. The molecule has 0 unspecified atom stereocenters. The lowest BCUT2D eigenvalue weighted by Crippen LogP contribution is -2.57. The van der Waals surface area contributed by atoms with E-state index >= 15 is 0 Å². The molecule has 0 radical (unpaired) electrons. The summed E-state index contributed by atoms with van der Waals surface area (Å²) in [6.07, 6.45) is 0. The highest BCUT2D eigenvalue weighted by Crippen LogP contribution is 2.16. The summed E-state index contributed by atoms with van der Waals surface area (Å²) in [7, 11) is 2.19. The molecule has 0 bridgehead atoms. The Morgan fingerprint density at radius 2 is 1.70 bits per heavy atom. The molecule has 2 N–H and O–H groups in total. The van der Waals surface area contributed by atoms with E-state index in [2.05, 4.69) is 36.0 Å². The van der Waals surface area contributed by atoms with Gasteiger partial charge in [-0.1, -0.05) is 12.1 Å². The Bertz CT molecular complexity index is 408. The molecule has 0 saturated carbocycles. The van der Waals surface area contributed by atoms with E-state index in [1.165, 1.54) is 5.56 Å². The molecule has 1 heterocycles. The third-order valence-electron chi connectivity index (χ3n) is 4.18. The highest BCUT2D eigenvalue weighted by atomic mass is 16.3. The SMILES string of the molecule is CN1CCN(C(C)(C)CNCc2ccc(O)cc2)CC1. The molecule has 112 valence electrons. The van der Waals surface area contributed by atoms with Crippen molar-refractivity contribution in [3.8, 4) is 5.75 Å². The van der Waals surface area contributed by atoms with Gasteiger partial charge in [0.1, 0.15) is 5.75 Å². The van der Waals surface area contributed by atoms with Gasteiger partial charge in [-0.2, -0.15) is 0 Å². The van der Waals surface area contributed by atoms with Gasteiger partial charge in [-0.25, -0.2) is 0 Å². The Morgan fingerprint density at radius 3 is 2.30 bits per heavy atom. The number of piperazine rings is 1. The molecule has 1 fully saturated rings. The van der Waals surface area contributed by atoms with Crippen LogP contribution >= 0.6 is 0 Å². The number of likely N-dealkylation sites (N-methyl/N-ethyl adjacent to an activating group) is 1. The number of nitrogens with zero attached hydrogens (tertiary/aromatic N) is 2. The first-order valence-corrected chi connectivity index (χ1v) is 7.39. The molecule has 4 heteroatoms. The van der Waals surface area contributed by atoms with E-state index in [1.807, 2.05) is 12.1 Å². The van der Waals surface area contributed by atoms with Crippen molar-refractivity contribution in [2.24, 2.45) is 0 Å². The highest BCUT2D eigenvalue weighted by Gasteiger charge is 2.28. The monoisotopic (exact) mass is 277 g/mol. The van der Waals surface area contributed by atoms with Crippen LogP contribution in [0.25, 0.3) is 0 Å². The van der Waals surface area contributed by atoms with E-state index in [4.69, 9.17) is 0 Å². The number of phenolic OH excluding ortho intramolecular Hbond substituents is 1. The minimum atomic E-state index is 0.179. The number of aromatic hydroxyl groups is 1. The molecule has 1 saturated heterocycles. The maximum Gasteiger partial charge on any atom is 0.115 e. The fourth-order valence-corrected chi connectivity index (χ4v) is 2.65. The summed E-state index contributed by atoms with van der Waals surface area (Å²) in [5.41, 5.74) is 1.38. The quantitative estimate of drug-likeness (QED) is 0.856. The Morgan fingerprint density at radius 1 is 1.10 bits per heavy atom. The second-order valence-electron chi connectivity index (χ2n) is 6.37.